The highest BCUT2D eigenvalue weighted by atomic mass is 35.5. The molecule has 0 saturated heterocycles. The zero-order valence-corrected chi connectivity index (χ0v) is 10.5. The Hall–Kier alpha value is -1.87. The number of fused-ring (bicyclic) bond motifs is 1. The van der Waals surface area contributed by atoms with Crippen LogP contribution in [0.25, 0.3) is 16.5 Å². The van der Waals surface area contributed by atoms with E-state index < -0.39 is 0 Å². The SMILES string of the molecule is ClCCc1cn(-c2cccc3ccccc23)nn1. The minimum atomic E-state index is 0.564. The second kappa shape index (κ2) is 4.78. The minimum Gasteiger partial charge on any atom is -0.220 e. The van der Waals surface area contributed by atoms with Gasteiger partial charge in [-0.3, -0.25) is 0 Å². The molecule has 0 fully saturated rings. The number of rotatable bonds is 3. The van der Waals surface area contributed by atoms with Gasteiger partial charge in [0.25, 0.3) is 0 Å². The molecule has 0 aliphatic rings. The summed E-state index contributed by atoms with van der Waals surface area (Å²) in [5.74, 6) is 0.564. The highest BCUT2D eigenvalue weighted by Crippen LogP contribution is 2.21. The van der Waals surface area contributed by atoms with Gasteiger partial charge >= 0.3 is 0 Å². The summed E-state index contributed by atoms with van der Waals surface area (Å²) >= 11 is 5.71. The number of nitrogens with zero attached hydrogens (tertiary/aromatic N) is 3. The monoisotopic (exact) mass is 257 g/mol. The molecule has 3 rings (SSSR count). The van der Waals surface area contributed by atoms with Crippen molar-refractivity contribution in [3.8, 4) is 5.69 Å². The van der Waals surface area contributed by atoms with Crippen molar-refractivity contribution in [1.82, 2.24) is 15.0 Å². The molecule has 2 aromatic carbocycles. The van der Waals surface area contributed by atoms with E-state index in [1.54, 1.807) is 0 Å². The van der Waals surface area contributed by atoms with Gasteiger partial charge in [0.15, 0.2) is 0 Å². The molecule has 1 heterocycles. The molecule has 90 valence electrons. The Morgan fingerprint density at radius 1 is 1.06 bits per heavy atom. The van der Waals surface area contributed by atoms with Gasteiger partial charge in [-0.05, 0) is 11.5 Å². The van der Waals surface area contributed by atoms with Gasteiger partial charge in [0.1, 0.15) is 0 Å². The van der Waals surface area contributed by atoms with Crippen LogP contribution in [0.15, 0.2) is 48.7 Å². The van der Waals surface area contributed by atoms with Crippen LogP contribution in [0, 0.1) is 0 Å². The van der Waals surface area contributed by atoms with Crippen molar-refractivity contribution < 1.29 is 0 Å². The standard InChI is InChI=1S/C14H12ClN3/c15-9-8-12-10-18(17-16-12)14-7-3-5-11-4-1-2-6-13(11)14/h1-7,10H,8-9H2. The van der Waals surface area contributed by atoms with E-state index in [4.69, 9.17) is 11.6 Å². The Morgan fingerprint density at radius 2 is 1.89 bits per heavy atom. The van der Waals surface area contributed by atoms with Crippen molar-refractivity contribution in [1.29, 1.82) is 0 Å². The van der Waals surface area contributed by atoms with Gasteiger partial charge in [-0.15, -0.1) is 16.7 Å². The van der Waals surface area contributed by atoms with Crippen molar-refractivity contribution in [2.75, 3.05) is 5.88 Å². The largest absolute Gasteiger partial charge is 0.220 e. The van der Waals surface area contributed by atoms with Crippen LogP contribution in [0.5, 0.6) is 0 Å². The predicted octanol–water partition coefficient (Wildman–Crippen LogP) is 3.20. The first kappa shape index (κ1) is 11.2. The van der Waals surface area contributed by atoms with E-state index in [1.807, 2.05) is 35.1 Å². The smallest absolute Gasteiger partial charge is 0.0843 e. The average Bonchev–Trinajstić information content (AvgIpc) is 2.87. The van der Waals surface area contributed by atoms with E-state index in [0.29, 0.717) is 5.88 Å². The summed E-state index contributed by atoms with van der Waals surface area (Å²) in [5, 5.41) is 10.6. The molecule has 0 spiro atoms. The number of aryl methyl sites for hydroxylation is 1. The van der Waals surface area contributed by atoms with Crippen molar-refractivity contribution in [2.45, 2.75) is 6.42 Å². The van der Waals surface area contributed by atoms with Crippen molar-refractivity contribution in [3.05, 3.63) is 54.4 Å². The maximum atomic E-state index is 5.71. The first-order valence-electron chi connectivity index (χ1n) is 5.84. The second-order valence-corrected chi connectivity index (χ2v) is 4.47. The molecule has 0 saturated carbocycles. The fourth-order valence-corrected chi connectivity index (χ4v) is 2.23. The van der Waals surface area contributed by atoms with Crippen LogP contribution in [0.3, 0.4) is 0 Å². The quantitative estimate of drug-likeness (QED) is 0.675. The van der Waals surface area contributed by atoms with E-state index in [0.717, 1.165) is 17.8 Å². The molecule has 0 aliphatic carbocycles. The van der Waals surface area contributed by atoms with Crippen molar-refractivity contribution in [2.24, 2.45) is 0 Å². The van der Waals surface area contributed by atoms with E-state index >= 15 is 0 Å². The van der Waals surface area contributed by atoms with Gasteiger partial charge in [0.2, 0.25) is 0 Å². The van der Waals surface area contributed by atoms with Crippen LogP contribution >= 0.6 is 11.6 Å². The van der Waals surface area contributed by atoms with Gasteiger partial charge in [-0.25, -0.2) is 4.68 Å². The van der Waals surface area contributed by atoms with Gasteiger partial charge in [0, 0.05) is 17.7 Å². The molecule has 0 N–H and O–H groups in total. The number of halogens is 1. The van der Waals surface area contributed by atoms with Gasteiger partial charge in [-0.1, -0.05) is 41.6 Å². The summed E-state index contributed by atoms with van der Waals surface area (Å²) in [6.07, 6.45) is 2.68. The molecular weight excluding hydrogens is 246 g/mol. The molecule has 18 heavy (non-hydrogen) atoms. The number of hydrogen-bond acceptors (Lipinski definition) is 2. The zero-order chi connectivity index (χ0) is 12.4. The molecule has 3 nitrogen and oxygen atoms in total. The molecule has 3 aromatic rings. The number of alkyl halides is 1. The summed E-state index contributed by atoms with van der Waals surface area (Å²) in [5.41, 5.74) is 1.96. The maximum Gasteiger partial charge on any atom is 0.0843 e. The third kappa shape index (κ3) is 1.97. The average molecular weight is 258 g/mol. The molecule has 0 atom stereocenters. The lowest BCUT2D eigenvalue weighted by molar-refractivity contribution is 0.802. The first-order valence-corrected chi connectivity index (χ1v) is 6.37. The van der Waals surface area contributed by atoms with Crippen LogP contribution in [0.4, 0.5) is 0 Å². The fraction of sp³-hybridized carbons (Fsp3) is 0.143. The lowest BCUT2D eigenvalue weighted by atomic mass is 10.1. The van der Waals surface area contributed by atoms with Crippen LogP contribution in [0.1, 0.15) is 5.69 Å². The van der Waals surface area contributed by atoms with Gasteiger partial charge < -0.3 is 0 Å². The molecule has 1 aromatic heterocycles. The Labute approximate surface area is 110 Å². The third-order valence-electron chi connectivity index (χ3n) is 2.90. The molecule has 4 heteroatoms. The Kier molecular flexibility index (Phi) is 2.99. The topological polar surface area (TPSA) is 30.7 Å². The molecule has 0 bridgehead atoms. The van der Waals surface area contributed by atoms with E-state index in [2.05, 4.69) is 28.5 Å². The third-order valence-corrected chi connectivity index (χ3v) is 3.09. The highest BCUT2D eigenvalue weighted by Gasteiger charge is 2.05. The fourth-order valence-electron chi connectivity index (χ4n) is 2.04. The number of benzene rings is 2. The summed E-state index contributed by atoms with van der Waals surface area (Å²) < 4.78 is 1.81. The molecule has 0 radical (unpaired) electrons. The lowest BCUT2D eigenvalue weighted by Gasteiger charge is -2.04. The van der Waals surface area contributed by atoms with Crippen molar-refractivity contribution >= 4 is 22.4 Å². The minimum absolute atomic E-state index is 0.564. The summed E-state index contributed by atoms with van der Waals surface area (Å²) in [6.45, 7) is 0. The Bertz CT molecular complexity index is 670. The van der Waals surface area contributed by atoms with Crippen LogP contribution < -0.4 is 0 Å². The van der Waals surface area contributed by atoms with Crippen molar-refractivity contribution in [3.63, 3.8) is 0 Å². The first-order chi connectivity index (χ1) is 8.88. The lowest BCUT2D eigenvalue weighted by Crippen LogP contribution is -1.95. The Balaban J connectivity index is 2.12. The summed E-state index contributed by atoms with van der Waals surface area (Å²) in [7, 11) is 0. The maximum absolute atomic E-state index is 5.71. The van der Waals surface area contributed by atoms with E-state index in [9.17, 15) is 0 Å². The number of hydrogen-bond donors (Lipinski definition) is 0. The highest BCUT2D eigenvalue weighted by molar-refractivity contribution is 6.17. The van der Waals surface area contributed by atoms with Gasteiger partial charge in [0.05, 0.1) is 17.6 Å². The summed E-state index contributed by atoms with van der Waals surface area (Å²) in [4.78, 5) is 0. The molecule has 0 amide bonds. The second-order valence-electron chi connectivity index (χ2n) is 4.09. The summed E-state index contributed by atoms with van der Waals surface area (Å²) in [6, 6.07) is 14.4. The predicted molar refractivity (Wildman–Crippen MR) is 73.3 cm³/mol. The molecule has 0 unspecified atom stereocenters. The molecule has 0 aliphatic heterocycles. The van der Waals surface area contributed by atoms with E-state index in [-0.39, 0.29) is 0 Å². The van der Waals surface area contributed by atoms with Crippen LogP contribution in [-0.2, 0) is 6.42 Å². The molecular formula is C14H12ClN3. The van der Waals surface area contributed by atoms with Crippen LogP contribution in [-0.4, -0.2) is 20.9 Å². The normalized spacial score (nSPS) is 10.9. The Morgan fingerprint density at radius 3 is 2.78 bits per heavy atom. The van der Waals surface area contributed by atoms with Gasteiger partial charge in [-0.2, -0.15) is 0 Å². The zero-order valence-electron chi connectivity index (χ0n) is 9.75. The number of aromatic nitrogens is 3. The van der Waals surface area contributed by atoms with Crippen LogP contribution in [0.2, 0.25) is 0 Å². The van der Waals surface area contributed by atoms with E-state index in [1.165, 1.54) is 10.8 Å².